The van der Waals surface area contributed by atoms with E-state index in [4.69, 9.17) is 10.2 Å². The molecular weight excluding hydrogens is 236 g/mol. The Morgan fingerprint density at radius 1 is 1.11 bits per heavy atom. The lowest BCUT2D eigenvalue weighted by molar-refractivity contribution is 0.497. The molecule has 2 rings (SSSR count). The van der Waals surface area contributed by atoms with Crippen LogP contribution in [0.1, 0.15) is 34.3 Å². The monoisotopic (exact) mass is 251 g/mol. The summed E-state index contributed by atoms with van der Waals surface area (Å²) >= 11 is 0. The molecule has 4 heteroatoms. The zero-order valence-electron chi connectivity index (χ0n) is 10.6. The van der Waals surface area contributed by atoms with Gasteiger partial charge in [0, 0.05) is 11.1 Å². The van der Waals surface area contributed by atoms with Crippen molar-refractivity contribution in [3.8, 4) is 0 Å². The van der Waals surface area contributed by atoms with Crippen LogP contribution in [0.25, 0.3) is 0 Å². The summed E-state index contributed by atoms with van der Waals surface area (Å²) in [5.41, 5.74) is 7.77. The van der Waals surface area contributed by atoms with Gasteiger partial charge >= 0.3 is 0 Å². The van der Waals surface area contributed by atoms with E-state index in [0.717, 1.165) is 35.1 Å². The number of rotatable bonds is 2. The molecule has 2 nitrogen and oxygen atoms in total. The van der Waals surface area contributed by atoms with E-state index in [0.29, 0.717) is 5.76 Å². The van der Waals surface area contributed by atoms with Crippen LogP contribution in [0.2, 0.25) is 0 Å². The molecule has 0 aliphatic rings. The molecule has 0 aliphatic heterocycles. The molecule has 0 saturated heterocycles. The van der Waals surface area contributed by atoms with Crippen molar-refractivity contribution < 1.29 is 13.2 Å². The third-order valence-electron chi connectivity index (χ3n) is 3.22. The third-order valence-corrected chi connectivity index (χ3v) is 3.22. The topological polar surface area (TPSA) is 39.2 Å². The average Bonchev–Trinajstić information content (AvgIpc) is 2.56. The summed E-state index contributed by atoms with van der Waals surface area (Å²) in [6, 6.07) is 2.56. The number of hydrogen-bond donors (Lipinski definition) is 1. The molecule has 0 spiro atoms. The highest BCUT2D eigenvalue weighted by molar-refractivity contribution is 5.40. The Morgan fingerprint density at radius 3 is 2.33 bits per heavy atom. The van der Waals surface area contributed by atoms with Crippen molar-refractivity contribution in [2.24, 2.45) is 5.73 Å². The molecule has 0 saturated carbocycles. The Hall–Kier alpha value is -1.68. The summed E-state index contributed by atoms with van der Waals surface area (Å²) in [5, 5.41) is 0. The summed E-state index contributed by atoms with van der Waals surface area (Å²) in [6.07, 6.45) is 0. The second-order valence-electron chi connectivity index (χ2n) is 4.40. The van der Waals surface area contributed by atoms with Crippen molar-refractivity contribution in [1.82, 2.24) is 0 Å². The highest BCUT2D eigenvalue weighted by Crippen LogP contribution is 2.31. The number of hydrogen-bond acceptors (Lipinski definition) is 2. The molecule has 0 radical (unpaired) electrons. The highest BCUT2D eigenvalue weighted by atomic mass is 19.1. The number of aryl methyl sites for hydroxylation is 2. The largest absolute Gasteiger partial charge is 0.466 e. The SMILES string of the molecule is Cc1oc(C)c(C(N)c2cc(F)ccc2F)c1C. The predicted molar refractivity (Wildman–Crippen MR) is 65.3 cm³/mol. The van der Waals surface area contributed by atoms with Gasteiger partial charge in [-0.3, -0.25) is 0 Å². The van der Waals surface area contributed by atoms with Crippen LogP contribution in [0, 0.1) is 32.4 Å². The van der Waals surface area contributed by atoms with E-state index < -0.39 is 17.7 Å². The van der Waals surface area contributed by atoms with Crippen LogP contribution in [0.4, 0.5) is 8.78 Å². The first-order chi connectivity index (χ1) is 8.41. The van der Waals surface area contributed by atoms with Gasteiger partial charge in [0.05, 0.1) is 6.04 Å². The van der Waals surface area contributed by atoms with Crippen molar-refractivity contribution in [2.75, 3.05) is 0 Å². The van der Waals surface area contributed by atoms with Gasteiger partial charge in [-0.05, 0) is 44.5 Å². The minimum atomic E-state index is -0.724. The van der Waals surface area contributed by atoms with Crippen LogP contribution in [0.3, 0.4) is 0 Å². The van der Waals surface area contributed by atoms with Crippen LogP contribution in [-0.2, 0) is 0 Å². The second kappa shape index (κ2) is 4.53. The van der Waals surface area contributed by atoms with E-state index in [1.807, 2.05) is 13.8 Å². The first kappa shape index (κ1) is 12.8. The Morgan fingerprint density at radius 2 is 1.78 bits per heavy atom. The van der Waals surface area contributed by atoms with Crippen LogP contribution >= 0.6 is 0 Å². The zero-order chi connectivity index (χ0) is 13.4. The van der Waals surface area contributed by atoms with Gasteiger partial charge in [-0.1, -0.05) is 0 Å². The van der Waals surface area contributed by atoms with E-state index in [9.17, 15) is 8.78 Å². The first-order valence-electron chi connectivity index (χ1n) is 5.68. The fraction of sp³-hybridized carbons (Fsp3) is 0.286. The normalized spacial score (nSPS) is 12.8. The molecule has 18 heavy (non-hydrogen) atoms. The fourth-order valence-corrected chi connectivity index (χ4v) is 2.18. The Labute approximate surface area is 104 Å². The molecule has 0 aliphatic carbocycles. The molecule has 2 aromatic rings. The van der Waals surface area contributed by atoms with Crippen molar-refractivity contribution >= 4 is 0 Å². The van der Waals surface area contributed by atoms with Crippen LogP contribution in [-0.4, -0.2) is 0 Å². The minimum absolute atomic E-state index is 0.141. The van der Waals surface area contributed by atoms with E-state index in [-0.39, 0.29) is 5.56 Å². The lowest BCUT2D eigenvalue weighted by Crippen LogP contribution is -2.15. The minimum Gasteiger partial charge on any atom is -0.466 e. The van der Waals surface area contributed by atoms with E-state index >= 15 is 0 Å². The Balaban J connectivity index is 2.54. The fourth-order valence-electron chi connectivity index (χ4n) is 2.18. The molecule has 0 amide bonds. The molecule has 0 bridgehead atoms. The number of furan rings is 1. The molecule has 1 aromatic heterocycles. The highest BCUT2D eigenvalue weighted by Gasteiger charge is 2.22. The maximum Gasteiger partial charge on any atom is 0.128 e. The van der Waals surface area contributed by atoms with Gasteiger partial charge in [-0.2, -0.15) is 0 Å². The molecule has 96 valence electrons. The van der Waals surface area contributed by atoms with Gasteiger partial charge in [-0.15, -0.1) is 0 Å². The van der Waals surface area contributed by atoms with Crippen LogP contribution in [0.15, 0.2) is 22.6 Å². The van der Waals surface area contributed by atoms with Gasteiger partial charge < -0.3 is 10.2 Å². The van der Waals surface area contributed by atoms with Crippen molar-refractivity contribution in [3.63, 3.8) is 0 Å². The number of benzene rings is 1. The van der Waals surface area contributed by atoms with Crippen molar-refractivity contribution in [3.05, 3.63) is 58.0 Å². The van der Waals surface area contributed by atoms with E-state index in [1.54, 1.807) is 6.92 Å². The maximum atomic E-state index is 13.7. The van der Waals surface area contributed by atoms with E-state index in [1.165, 1.54) is 0 Å². The van der Waals surface area contributed by atoms with Crippen LogP contribution < -0.4 is 5.73 Å². The lowest BCUT2D eigenvalue weighted by Gasteiger charge is -2.13. The van der Waals surface area contributed by atoms with Gasteiger partial charge in [-0.25, -0.2) is 8.78 Å². The van der Waals surface area contributed by atoms with E-state index in [2.05, 4.69) is 0 Å². The quantitative estimate of drug-likeness (QED) is 0.886. The van der Waals surface area contributed by atoms with Gasteiger partial charge in [0.25, 0.3) is 0 Å². The predicted octanol–water partition coefficient (Wildman–Crippen LogP) is 3.53. The maximum absolute atomic E-state index is 13.7. The molecular formula is C14H15F2NO. The Kier molecular flexibility index (Phi) is 3.22. The summed E-state index contributed by atoms with van der Waals surface area (Å²) in [5.74, 6) is 0.370. The summed E-state index contributed by atoms with van der Waals surface area (Å²) in [7, 11) is 0. The first-order valence-corrected chi connectivity index (χ1v) is 5.68. The summed E-state index contributed by atoms with van der Waals surface area (Å²) in [6.45, 7) is 5.45. The molecule has 0 fully saturated rings. The van der Waals surface area contributed by atoms with Gasteiger partial charge in [0.1, 0.15) is 23.2 Å². The van der Waals surface area contributed by atoms with Crippen LogP contribution in [0.5, 0.6) is 0 Å². The van der Waals surface area contributed by atoms with Gasteiger partial charge in [0.15, 0.2) is 0 Å². The summed E-state index contributed by atoms with van der Waals surface area (Å²) in [4.78, 5) is 0. The second-order valence-corrected chi connectivity index (χ2v) is 4.40. The molecule has 2 N–H and O–H groups in total. The smallest absolute Gasteiger partial charge is 0.128 e. The third kappa shape index (κ3) is 2.04. The Bertz CT molecular complexity index is 590. The molecule has 1 atom stereocenters. The number of nitrogens with two attached hydrogens (primary N) is 1. The van der Waals surface area contributed by atoms with Gasteiger partial charge in [0.2, 0.25) is 0 Å². The standard InChI is InChI=1S/C14H15F2NO/c1-7-8(2)18-9(3)13(7)14(17)11-6-10(15)4-5-12(11)16/h4-6,14H,17H2,1-3H3. The molecule has 1 heterocycles. The molecule has 1 aromatic carbocycles. The van der Waals surface area contributed by atoms with Crippen molar-refractivity contribution in [2.45, 2.75) is 26.8 Å². The zero-order valence-corrected chi connectivity index (χ0v) is 10.6. The lowest BCUT2D eigenvalue weighted by atomic mass is 9.96. The molecule has 1 unspecified atom stereocenters. The number of halogens is 2. The summed E-state index contributed by atoms with van der Waals surface area (Å²) < 4.78 is 32.3. The van der Waals surface area contributed by atoms with Crippen molar-refractivity contribution in [1.29, 1.82) is 0 Å². The average molecular weight is 251 g/mol.